The summed E-state index contributed by atoms with van der Waals surface area (Å²) in [5.74, 6) is -1.44. The molecule has 0 aliphatic rings. The first-order chi connectivity index (χ1) is 40.2. The largest absolute Gasteiger partial charge is 0.472 e. The van der Waals surface area contributed by atoms with Gasteiger partial charge in [-0.1, -0.05) is 295 Å². The molecule has 0 aliphatic carbocycles. The number of carbonyl (C=O) groups excluding carboxylic acids is 3. The standard InChI is InChI=1S/C70H131O11P/c1-4-7-10-13-16-19-22-25-28-31-33-36-39-42-45-48-51-54-57-60-69(73)80-66(62-71)64-78-82(75,76)79-65-67(63-77-68(72)59-56-53-50-47-44-41-38-35-30-27-24-21-18-15-12-9-6-3)81-70(74)61-58-55-52-49-46-43-40-37-34-32-29-26-23-20-17-14-11-8-5-2/h18,21,26-27,29-30,66-67,71H,4-17,19-20,22-25,28,31-65H2,1-3H3,(H,75,76)/b21-18-,29-26-,30-27-. The minimum Gasteiger partial charge on any atom is -0.462 e. The third kappa shape index (κ3) is 62.2. The van der Waals surface area contributed by atoms with Crippen LogP contribution in [0.1, 0.15) is 355 Å². The minimum absolute atomic E-state index is 0.167. The van der Waals surface area contributed by atoms with E-state index >= 15 is 0 Å². The number of aliphatic hydroxyl groups excluding tert-OH is 1. The Balaban J connectivity index is 4.63. The SMILES string of the molecule is CCCCC/C=C\C/C=C\CCCCCCCCCC(=O)OCC(COP(=O)(O)OCC(CO)OC(=O)CCCCCCCCCCCCCCCCCCCCC)OC(=O)CCCCCCCCCCC/C=C\CCCCCCCC. The Kier molecular flexibility index (Phi) is 62.9. The van der Waals surface area contributed by atoms with Gasteiger partial charge in [-0.3, -0.25) is 23.4 Å². The van der Waals surface area contributed by atoms with Crippen molar-refractivity contribution in [2.75, 3.05) is 26.4 Å². The van der Waals surface area contributed by atoms with Crippen LogP contribution < -0.4 is 0 Å². The van der Waals surface area contributed by atoms with Crippen molar-refractivity contribution >= 4 is 25.7 Å². The Hall–Kier alpha value is -2.30. The predicted octanol–water partition coefficient (Wildman–Crippen LogP) is 21.5. The molecule has 11 nitrogen and oxygen atoms in total. The van der Waals surface area contributed by atoms with E-state index in [1.54, 1.807) is 0 Å². The summed E-state index contributed by atoms with van der Waals surface area (Å²) in [6, 6.07) is 0. The van der Waals surface area contributed by atoms with Crippen LogP contribution in [0.5, 0.6) is 0 Å². The monoisotopic (exact) mass is 1180 g/mol. The summed E-state index contributed by atoms with van der Waals surface area (Å²) in [6.45, 7) is 4.70. The number of ether oxygens (including phenoxy) is 3. The maximum Gasteiger partial charge on any atom is 0.472 e. The average molecular weight is 1180 g/mol. The number of rotatable bonds is 66. The molecule has 0 amide bonds. The van der Waals surface area contributed by atoms with Crippen molar-refractivity contribution in [1.82, 2.24) is 0 Å². The lowest BCUT2D eigenvalue weighted by atomic mass is 10.0. The molecule has 0 bridgehead atoms. The summed E-state index contributed by atoms with van der Waals surface area (Å²) in [5.41, 5.74) is 0. The number of phosphoric ester groups is 1. The van der Waals surface area contributed by atoms with E-state index in [2.05, 4.69) is 57.2 Å². The molecule has 0 saturated carbocycles. The van der Waals surface area contributed by atoms with E-state index in [0.717, 1.165) is 70.6 Å². The second kappa shape index (κ2) is 64.7. The third-order valence-electron chi connectivity index (χ3n) is 15.5. The summed E-state index contributed by atoms with van der Waals surface area (Å²) in [6.07, 6.45) is 70.9. The number of carbonyl (C=O) groups is 3. The predicted molar refractivity (Wildman–Crippen MR) is 344 cm³/mol. The zero-order chi connectivity index (χ0) is 59.8. The van der Waals surface area contributed by atoms with Crippen molar-refractivity contribution in [3.63, 3.8) is 0 Å². The molecular formula is C70H131O11P. The molecule has 0 fully saturated rings. The number of aliphatic hydroxyl groups is 1. The van der Waals surface area contributed by atoms with Crippen molar-refractivity contribution < 1.29 is 52.2 Å². The molecule has 482 valence electrons. The van der Waals surface area contributed by atoms with Crippen molar-refractivity contribution in [2.24, 2.45) is 0 Å². The van der Waals surface area contributed by atoms with Gasteiger partial charge >= 0.3 is 25.7 Å². The van der Waals surface area contributed by atoms with E-state index < -0.39 is 57.8 Å². The summed E-state index contributed by atoms with van der Waals surface area (Å²) in [7, 11) is -4.75. The minimum atomic E-state index is -4.75. The number of unbranched alkanes of at least 4 members (excludes halogenated alkanes) is 43. The summed E-state index contributed by atoms with van der Waals surface area (Å²) >= 11 is 0. The third-order valence-corrected chi connectivity index (χ3v) is 16.5. The van der Waals surface area contributed by atoms with E-state index in [4.69, 9.17) is 23.3 Å². The Labute approximate surface area is 505 Å². The quantitative estimate of drug-likeness (QED) is 0.0197. The molecule has 0 aromatic heterocycles. The topological polar surface area (TPSA) is 155 Å². The molecule has 12 heteroatoms. The van der Waals surface area contributed by atoms with Gasteiger partial charge in [-0.05, 0) is 77.0 Å². The number of phosphoric acid groups is 1. The van der Waals surface area contributed by atoms with Crippen molar-refractivity contribution in [2.45, 2.75) is 367 Å². The van der Waals surface area contributed by atoms with Gasteiger partial charge in [-0.2, -0.15) is 0 Å². The Morgan fingerprint density at radius 2 is 0.598 bits per heavy atom. The second-order valence-corrected chi connectivity index (χ2v) is 25.2. The fourth-order valence-corrected chi connectivity index (χ4v) is 11.0. The number of hydrogen-bond acceptors (Lipinski definition) is 10. The Morgan fingerprint density at radius 3 is 0.939 bits per heavy atom. The molecule has 0 aliphatic heterocycles. The van der Waals surface area contributed by atoms with Crippen LogP contribution in [0.15, 0.2) is 36.5 Å². The summed E-state index contributed by atoms with van der Waals surface area (Å²) in [5, 5.41) is 9.88. The summed E-state index contributed by atoms with van der Waals surface area (Å²) < 4.78 is 39.8. The van der Waals surface area contributed by atoms with Gasteiger partial charge in [0.25, 0.3) is 0 Å². The highest BCUT2D eigenvalue weighted by Gasteiger charge is 2.28. The lowest BCUT2D eigenvalue weighted by molar-refractivity contribution is -0.161. The van der Waals surface area contributed by atoms with Gasteiger partial charge in [0.15, 0.2) is 6.10 Å². The van der Waals surface area contributed by atoms with Crippen molar-refractivity contribution in [3.05, 3.63) is 36.5 Å². The number of esters is 3. The molecule has 2 N–H and O–H groups in total. The van der Waals surface area contributed by atoms with Crippen LogP contribution in [-0.2, 0) is 42.2 Å². The molecule has 0 aromatic carbocycles. The smallest absolute Gasteiger partial charge is 0.462 e. The lowest BCUT2D eigenvalue weighted by Gasteiger charge is -2.21. The first-order valence-electron chi connectivity index (χ1n) is 34.9. The van der Waals surface area contributed by atoms with Crippen LogP contribution in [0.3, 0.4) is 0 Å². The molecule has 0 heterocycles. The van der Waals surface area contributed by atoms with Gasteiger partial charge in [-0.25, -0.2) is 4.57 Å². The molecule has 3 atom stereocenters. The van der Waals surface area contributed by atoms with E-state index in [0.29, 0.717) is 19.3 Å². The second-order valence-electron chi connectivity index (χ2n) is 23.7. The lowest BCUT2D eigenvalue weighted by Crippen LogP contribution is -2.30. The first-order valence-corrected chi connectivity index (χ1v) is 36.4. The zero-order valence-corrected chi connectivity index (χ0v) is 54.6. The zero-order valence-electron chi connectivity index (χ0n) is 53.7. The molecule has 82 heavy (non-hydrogen) atoms. The molecular weight excluding hydrogens is 1050 g/mol. The van der Waals surface area contributed by atoms with E-state index in [9.17, 15) is 28.9 Å². The number of hydrogen-bond donors (Lipinski definition) is 2. The fraction of sp³-hybridized carbons (Fsp3) is 0.871. The molecule has 0 radical (unpaired) electrons. The molecule has 0 saturated heterocycles. The van der Waals surface area contributed by atoms with Gasteiger partial charge in [0.1, 0.15) is 12.7 Å². The first kappa shape index (κ1) is 79.7. The van der Waals surface area contributed by atoms with Crippen molar-refractivity contribution in [1.29, 1.82) is 0 Å². The highest BCUT2D eigenvalue weighted by atomic mass is 31.2. The summed E-state index contributed by atoms with van der Waals surface area (Å²) in [4.78, 5) is 48.9. The van der Waals surface area contributed by atoms with Gasteiger partial charge in [0.2, 0.25) is 0 Å². The molecule has 3 unspecified atom stereocenters. The maximum atomic E-state index is 13.0. The van der Waals surface area contributed by atoms with Gasteiger partial charge < -0.3 is 24.2 Å². The highest BCUT2D eigenvalue weighted by molar-refractivity contribution is 7.47. The Morgan fingerprint density at radius 1 is 0.341 bits per heavy atom. The Bertz CT molecular complexity index is 1520. The highest BCUT2D eigenvalue weighted by Crippen LogP contribution is 2.43. The van der Waals surface area contributed by atoms with Gasteiger partial charge in [0, 0.05) is 19.3 Å². The van der Waals surface area contributed by atoms with Crippen LogP contribution in [-0.4, -0.2) is 66.5 Å². The van der Waals surface area contributed by atoms with Crippen LogP contribution in [0.25, 0.3) is 0 Å². The van der Waals surface area contributed by atoms with Gasteiger partial charge in [0.05, 0.1) is 19.8 Å². The average Bonchev–Trinajstić information content (AvgIpc) is 3.47. The van der Waals surface area contributed by atoms with E-state index in [1.807, 2.05) is 0 Å². The van der Waals surface area contributed by atoms with Crippen LogP contribution in [0, 0.1) is 0 Å². The molecule has 0 aromatic rings. The van der Waals surface area contributed by atoms with Crippen LogP contribution in [0.4, 0.5) is 0 Å². The van der Waals surface area contributed by atoms with Crippen LogP contribution in [0.2, 0.25) is 0 Å². The molecule has 0 spiro atoms. The van der Waals surface area contributed by atoms with Crippen molar-refractivity contribution in [3.8, 4) is 0 Å². The fourth-order valence-electron chi connectivity index (χ4n) is 10.2. The van der Waals surface area contributed by atoms with E-state index in [1.165, 1.54) is 225 Å². The number of allylic oxidation sites excluding steroid dienone is 6. The maximum absolute atomic E-state index is 13.0. The van der Waals surface area contributed by atoms with E-state index in [-0.39, 0.29) is 25.9 Å². The van der Waals surface area contributed by atoms with Crippen LogP contribution >= 0.6 is 7.82 Å². The molecule has 0 rings (SSSR count). The normalized spacial score (nSPS) is 13.4. The van der Waals surface area contributed by atoms with Gasteiger partial charge in [-0.15, -0.1) is 0 Å².